The largest absolute Gasteiger partial charge is 0.382 e. The molecule has 0 aliphatic rings. The van der Waals surface area contributed by atoms with Crippen molar-refractivity contribution in [2.45, 2.75) is 33.0 Å². The van der Waals surface area contributed by atoms with Gasteiger partial charge in [-0.2, -0.15) is 0 Å². The number of nitrogens with zero attached hydrogens (tertiary/aromatic N) is 1. The molecule has 0 aliphatic carbocycles. The molecule has 1 N–H and O–H groups in total. The highest BCUT2D eigenvalue weighted by atomic mass is 32.1. The molecule has 19 heavy (non-hydrogen) atoms. The molecular formula is C13H24N2O3S. The third kappa shape index (κ3) is 8.28. The summed E-state index contributed by atoms with van der Waals surface area (Å²) in [7, 11) is 1.66. The van der Waals surface area contributed by atoms with Crippen molar-refractivity contribution in [1.29, 1.82) is 0 Å². The van der Waals surface area contributed by atoms with Crippen molar-refractivity contribution in [1.82, 2.24) is 10.3 Å². The minimum atomic E-state index is 0.479. The maximum Gasteiger partial charge on any atom is 0.107 e. The highest BCUT2D eigenvalue weighted by molar-refractivity contribution is 7.09. The van der Waals surface area contributed by atoms with Gasteiger partial charge in [-0.15, -0.1) is 11.3 Å². The number of thiazole rings is 1. The summed E-state index contributed by atoms with van der Waals surface area (Å²) in [6.45, 7) is 8.03. The molecule has 1 heterocycles. The van der Waals surface area contributed by atoms with Crippen LogP contribution in [-0.2, 0) is 27.4 Å². The number of methoxy groups -OCH3 is 1. The van der Waals surface area contributed by atoms with Crippen molar-refractivity contribution in [3.05, 3.63) is 16.1 Å². The molecule has 0 radical (unpaired) electrons. The first-order valence-corrected chi connectivity index (χ1v) is 7.41. The van der Waals surface area contributed by atoms with Gasteiger partial charge >= 0.3 is 0 Å². The van der Waals surface area contributed by atoms with Gasteiger partial charge in [-0.25, -0.2) is 4.98 Å². The Morgan fingerprint density at radius 3 is 2.68 bits per heavy atom. The van der Waals surface area contributed by atoms with E-state index in [2.05, 4.69) is 24.1 Å². The maximum absolute atomic E-state index is 5.50. The molecule has 5 nitrogen and oxygen atoms in total. The molecule has 0 aliphatic heterocycles. The second kappa shape index (κ2) is 10.3. The number of ether oxygens (including phenoxy) is 3. The summed E-state index contributed by atoms with van der Waals surface area (Å²) in [6, 6.07) is 0.479. The Bertz CT molecular complexity index is 331. The van der Waals surface area contributed by atoms with E-state index >= 15 is 0 Å². The number of aromatic nitrogens is 1. The van der Waals surface area contributed by atoms with Gasteiger partial charge in [-0.05, 0) is 0 Å². The van der Waals surface area contributed by atoms with E-state index in [0.717, 1.165) is 17.2 Å². The van der Waals surface area contributed by atoms with E-state index in [0.29, 0.717) is 39.1 Å². The summed E-state index contributed by atoms with van der Waals surface area (Å²) in [4.78, 5) is 4.50. The lowest BCUT2D eigenvalue weighted by molar-refractivity contribution is 0.0193. The van der Waals surface area contributed by atoms with Crippen LogP contribution in [0.2, 0.25) is 0 Å². The van der Waals surface area contributed by atoms with Crippen LogP contribution in [0.1, 0.15) is 24.5 Å². The molecule has 1 aromatic rings. The van der Waals surface area contributed by atoms with Crippen LogP contribution in [-0.4, -0.2) is 44.6 Å². The Kier molecular flexibility index (Phi) is 8.94. The van der Waals surface area contributed by atoms with Gasteiger partial charge in [0, 0.05) is 25.1 Å². The first-order valence-electron chi connectivity index (χ1n) is 6.53. The number of nitrogens with one attached hydrogen (secondary N) is 1. The van der Waals surface area contributed by atoms with Crippen LogP contribution in [0.5, 0.6) is 0 Å². The summed E-state index contributed by atoms with van der Waals surface area (Å²) in [5.74, 6) is 0. The Balaban J connectivity index is 2.06. The zero-order valence-corrected chi connectivity index (χ0v) is 12.8. The Morgan fingerprint density at radius 2 is 1.95 bits per heavy atom. The van der Waals surface area contributed by atoms with E-state index in [4.69, 9.17) is 14.2 Å². The zero-order chi connectivity index (χ0) is 13.9. The van der Waals surface area contributed by atoms with Crippen molar-refractivity contribution in [3.63, 3.8) is 0 Å². The molecule has 0 unspecified atom stereocenters. The first-order chi connectivity index (χ1) is 9.22. The van der Waals surface area contributed by atoms with Gasteiger partial charge in [0.15, 0.2) is 0 Å². The SMILES string of the molecule is COCCOCCOCc1csc(CNC(C)C)n1. The molecule has 6 heteroatoms. The molecule has 0 saturated heterocycles. The predicted octanol–water partition coefficient (Wildman–Crippen LogP) is 1.82. The van der Waals surface area contributed by atoms with E-state index in [9.17, 15) is 0 Å². The highest BCUT2D eigenvalue weighted by Gasteiger charge is 2.02. The van der Waals surface area contributed by atoms with Gasteiger partial charge in [0.25, 0.3) is 0 Å². The van der Waals surface area contributed by atoms with Gasteiger partial charge in [-0.3, -0.25) is 0 Å². The van der Waals surface area contributed by atoms with Crippen LogP contribution in [0, 0.1) is 0 Å². The smallest absolute Gasteiger partial charge is 0.107 e. The van der Waals surface area contributed by atoms with Crippen molar-refractivity contribution < 1.29 is 14.2 Å². The van der Waals surface area contributed by atoms with Crippen LogP contribution >= 0.6 is 11.3 Å². The standard InChI is InChI=1S/C13H24N2O3S/c1-11(2)14-8-13-15-12(10-19-13)9-18-7-6-17-5-4-16-3/h10-11,14H,4-9H2,1-3H3. The average molecular weight is 288 g/mol. The van der Waals surface area contributed by atoms with Crippen molar-refractivity contribution >= 4 is 11.3 Å². The monoisotopic (exact) mass is 288 g/mol. The Labute approximate surface area is 119 Å². The van der Waals surface area contributed by atoms with Crippen LogP contribution in [0.15, 0.2) is 5.38 Å². The third-order valence-electron chi connectivity index (χ3n) is 2.31. The molecular weight excluding hydrogens is 264 g/mol. The second-order valence-electron chi connectivity index (χ2n) is 4.43. The van der Waals surface area contributed by atoms with E-state index in [1.807, 2.05) is 5.38 Å². The van der Waals surface area contributed by atoms with Crippen molar-refractivity contribution in [2.24, 2.45) is 0 Å². The molecule has 110 valence electrons. The lowest BCUT2D eigenvalue weighted by Crippen LogP contribution is -2.21. The fourth-order valence-electron chi connectivity index (χ4n) is 1.33. The summed E-state index contributed by atoms with van der Waals surface area (Å²) in [5, 5.41) is 6.49. The lowest BCUT2D eigenvalue weighted by Gasteiger charge is -2.05. The summed E-state index contributed by atoms with van der Waals surface area (Å²) in [5.41, 5.74) is 0.988. The van der Waals surface area contributed by atoms with Gasteiger partial charge in [0.2, 0.25) is 0 Å². The molecule has 0 fully saturated rings. The third-order valence-corrected chi connectivity index (χ3v) is 3.21. The van der Waals surface area contributed by atoms with Crippen molar-refractivity contribution in [3.8, 4) is 0 Å². The van der Waals surface area contributed by atoms with Crippen LogP contribution in [0.25, 0.3) is 0 Å². The summed E-state index contributed by atoms with van der Waals surface area (Å²) >= 11 is 1.67. The summed E-state index contributed by atoms with van der Waals surface area (Å²) in [6.07, 6.45) is 0. The molecule has 0 aromatic carbocycles. The zero-order valence-electron chi connectivity index (χ0n) is 12.0. The van der Waals surface area contributed by atoms with E-state index in [1.54, 1.807) is 18.4 Å². The van der Waals surface area contributed by atoms with Crippen LogP contribution in [0.3, 0.4) is 0 Å². The molecule has 0 saturated carbocycles. The van der Waals surface area contributed by atoms with Gasteiger partial charge < -0.3 is 19.5 Å². The quantitative estimate of drug-likeness (QED) is 0.630. The minimum Gasteiger partial charge on any atom is -0.382 e. The predicted molar refractivity (Wildman–Crippen MR) is 76.4 cm³/mol. The average Bonchev–Trinajstić information content (AvgIpc) is 2.83. The minimum absolute atomic E-state index is 0.479. The van der Waals surface area contributed by atoms with Gasteiger partial charge in [0.1, 0.15) is 5.01 Å². The Hall–Kier alpha value is -0.530. The molecule has 0 bridgehead atoms. The highest BCUT2D eigenvalue weighted by Crippen LogP contribution is 2.10. The molecule has 0 amide bonds. The fraction of sp³-hybridized carbons (Fsp3) is 0.769. The number of rotatable bonds is 11. The van der Waals surface area contributed by atoms with Gasteiger partial charge in [0.05, 0.1) is 38.7 Å². The molecule has 1 aromatic heterocycles. The molecule has 0 atom stereocenters. The maximum atomic E-state index is 5.50. The van der Waals surface area contributed by atoms with E-state index in [-0.39, 0.29) is 0 Å². The Morgan fingerprint density at radius 1 is 1.21 bits per heavy atom. The lowest BCUT2D eigenvalue weighted by atomic mass is 10.4. The molecule has 1 rings (SSSR count). The van der Waals surface area contributed by atoms with E-state index in [1.165, 1.54) is 0 Å². The van der Waals surface area contributed by atoms with Gasteiger partial charge in [-0.1, -0.05) is 13.8 Å². The summed E-state index contributed by atoms with van der Waals surface area (Å²) < 4.78 is 15.7. The van der Waals surface area contributed by atoms with Crippen LogP contribution < -0.4 is 5.32 Å². The topological polar surface area (TPSA) is 52.6 Å². The number of hydrogen-bond acceptors (Lipinski definition) is 6. The van der Waals surface area contributed by atoms with Crippen LogP contribution in [0.4, 0.5) is 0 Å². The molecule has 0 spiro atoms. The second-order valence-corrected chi connectivity index (χ2v) is 5.37. The van der Waals surface area contributed by atoms with E-state index < -0.39 is 0 Å². The fourth-order valence-corrected chi connectivity index (χ4v) is 2.06. The number of hydrogen-bond donors (Lipinski definition) is 1. The normalized spacial score (nSPS) is 11.4. The van der Waals surface area contributed by atoms with Crippen molar-refractivity contribution in [2.75, 3.05) is 33.5 Å². The first kappa shape index (κ1) is 16.5.